The van der Waals surface area contributed by atoms with Crippen molar-refractivity contribution in [3.05, 3.63) is 58.5 Å². The second-order valence-corrected chi connectivity index (χ2v) is 8.74. The van der Waals surface area contributed by atoms with Gasteiger partial charge in [0.1, 0.15) is 0 Å². The fourth-order valence-corrected chi connectivity index (χ4v) is 5.07. The molecule has 1 aliphatic heterocycles. The molecular weight excluding hydrogens is 388 g/mol. The molecule has 3 aliphatic rings. The Kier molecular flexibility index (Phi) is 4.93. The molecule has 2 saturated carbocycles. The molecule has 1 aromatic carbocycles. The zero-order valence-corrected chi connectivity index (χ0v) is 17.0. The lowest BCUT2D eigenvalue weighted by atomic mass is 9.93. The van der Waals surface area contributed by atoms with Gasteiger partial charge in [-0.15, -0.1) is 0 Å². The van der Waals surface area contributed by atoms with E-state index in [1.165, 1.54) is 49.2 Å². The molecule has 2 fully saturated rings. The SMILES string of the molecule is C=CNc1cccc(Br)c1.CN1CCc2[nH]nc(C34CCCC3C4)c2C1. The number of benzene rings is 1. The van der Waals surface area contributed by atoms with Crippen molar-refractivity contribution in [1.29, 1.82) is 0 Å². The minimum absolute atomic E-state index is 0.516. The molecule has 2 aliphatic carbocycles. The van der Waals surface area contributed by atoms with Crippen LogP contribution in [0.25, 0.3) is 0 Å². The van der Waals surface area contributed by atoms with Crippen LogP contribution in [0.15, 0.2) is 41.5 Å². The summed E-state index contributed by atoms with van der Waals surface area (Å²) in [6.07, 6.45) is 8.47. The second-order valence-electron chi connectivity index (χ2n) is 7.83. The maximum Gasteiger partial charge on any atom is 0.0734 e. The molecular formula is C21H27BrN4. The lowest BCUT2D eigenvalue weighted by Gasteiger charge is -2.23. The molecule has 2 aromatic rings. The summed E-state index contributed by atoms with van der Waals surface area (Å²) in [5.74, 6) is 0.965. The van der Waals surface area contributed by atoms with Gasteiger partial charge < -0.3 is 10.2 Å². The number of nitrogens with zero attached hydrogens (tertiary/aromatic N) is 2. The summed E-state index contributed by atoms with van der Waals surface area (Å²) in [4.78, 5) is 2.42. The third kappa shape index (κ3) is 3.35. The Balaban J connectivity index is 0.000000146. The third-order valence-electron chi connectivity index (χ3n) is 6.10. The molecule has 26 heavy (non-hydrogen) atoms. The van der Waals surface area contributed by atoms with Gasteiger partial charge in [-0.2, -0.15) is 5.10 Å². The van der Waals surface area contributed by atoms with E-state index in [1.54, 1.807) is 6.20 Å². The first-order chi connectivity index (χ1) is 12.6. The van der Waals surface area contributed by atoms with Gasteiger partial charge in [0.25, 0.3) is 0 Å². The normalized spacial score (nSPS) is 26.3. The molecule has 2 heterocycles. The van der Waals surface area contributed by atoms with Gasteiger partial charge in [0, 0.05) is 46.3 Å². The smallest absolute Gasteiger partial charge is 0.0734 e. The Labute approximate surface area is 164 Å². The highest BCUT2D eigenvalue weighted by Crippen LogP contribution is 2.64. The Hall–Kier alpha value is -1.59. The van der Waals surface area contributed by atoms with Crippen molar-refractivity contribution in [3.8, 4) is 0 Å². The molecule has 0 spiro atoms. The summed E-state index contributed by atoms with van der Waals surface area (Å²) in [5, 5.41) is 11.0. The van der Waals surface area contributed by atoms with E-state index >= 15 is 0 Å². The van der Waals surface area contributed by atoms with Crippen LogP contribution in [-0.2, 0) is 18.4 Å². The van der Waals surface area contributed by atoms with Gasteiger partial charge in [-0.3, -0.25) is 5.10 Å². The average molecular weight is 415 g/mol. The van der Waals surface area contributed by atoms with Gasteiger partial charge >= 0.3 is 0 Å². The van der Waals surface area contributed by atoms with Crippen molar-refractivity contribution in [3.63, 3.8) is 0 Å². The van der Waals surface area contributed by atoms with Crippen LogP contribution < -0.4 is 5.32 Å². The van der Waals surface area contributed by atoms with E-state index in [2.05, 4.69) is 50.0 Å². The van der Waals surface area contributed by atoms with Gasteiger partial charge in [0.2, 0.25) is 0 Å². The Bertz CT molecular complexity index is 799. The number of anilines is 1. The molecule has 4 nitrogen and oxygen atoms in total. The van der Waals surface area contributed by atoms with Crippen molar-refractivity contribution < 1.29 is 0 Å². The molecule has 5 heteroatoms. The summed E-state index contributed by atoms with van der Waals surface area (Å²) in [6.45, 7) is 5.84. The van der Waals surface area contributed by atoms with Gasteiger partial charge in [-0.1, -0.05) is 35.0 Å². The van der Waals surface area contributed by atoms with E-state index in [0.717, 1.165) is 29.0 Å². The standard InChI is InChI=1S/C13H19N3.C8H8BrN/c1-16-6-4-11-10(8-16)12(15-14-11)13-5-2-3-9(13)7-13;1-2-10-8-5-3-4-7(9)6-8/h9H,2-8H2,1H3,(H,14,15);2-6,10H,1H2. The summed E-state index contributed by atoms with van der Waals surface area (Å²) in [6, 6.07) is 7.91. The molecule has 138 valence electrons. The Morgan fingerprint density at radius 1 is 1.46 bits per heavy atom. The fourth-order valence-electron chi connectivity index (χ4n) is 4.68. The quantitative estimate of drug-likeness (QED) is 0.754. The number of nitrogens with one attached hydrogen (secondary N) is 2. The highest BCUT2D eigenvalue weighted by Gasteiger charge is 2.60. The topological polar surface area (TPSA) is 44.0 Å². The summed E-state index contributed by atoms with van der Waals surface area (Å²) in [5.41, 5.74) is 5.96. The largest absolute Gasteiger partial charge is 0.362 e. The van der Waals surface area contributed by atoms with E-state index in [4.69, 9.17) is 0 Å². The first-order valence-electron chi connectivity index (χ1n) is 9.50. The van der Waals surface area contributed by atoms with E-state index in [9.17, 15) is 0 Å². The maximum absolute atomic E-state index is 4.68. The van der Waals surface area contributed by atoms with Crippen LogP contribution in [0.3, 0.4) is 0 Å². The number of likely N-dealkylation sites (N-methyl/N-ethyl adjacent to an activating group) is 1. The van der Waals surface area contributed by atoms with Crippen molar-refractivity contribution in [1.82, 2.24) is 15.1 Å². The number of rotatable bonds is 3. The molecule has 0 saturated heterocycles. The number of hydrogen-bond donors (Lipinski definition) is 2. The lowest BCUT2D eigenvalue weighted by molar-refractivity contribution is 0.309. The Morgan fingerprint density at radius 3 is 3.04 bits per heavy atom. The number of aromatic nitrogens is 2. The lowest BCUT2D eigenvalue weighted by Crippen LogP contribution is -2.27. The van der Waals surface area contributed by atoms with Gasteiger partial charge in [-0.25, -0.2) is 0 Å². The first-order valence-corrected chi connectivity index (χ1v) is 10.3. The number of H-pyrrole nitrogens is 1. The third-order valence-corrected chi connectivity index (χ3v) is 6.59. The van der Waals surface area contributed by atoms with Gasteiger partial charge in [0.15, 0.2) is 0 Å². The highest BCUT2D eigenvalue weighted by molar-refractivity contribution is 9.10. The summed E-state index contributed by atoms with van der Waals surface area (Å²) in [7, 11) is 2.22. The predicted molar refractivity (Wildman–Crippen MR) is 110 cm³/mol. The van der Waals surface area contributed by atoms with Crippen LogP contribution in [-0.4, -0.2) is 28.7 Å². The highest BCUT2D eigenvalue weighted by atomic mass is 79.9. The van der Waals surface area contributed by atoms with Gasteiger partial charge in [-0.05, 0) is 56.6 Å². The molecule has 2 N–H and O–H groups in total. The molecule has 0 radical (unpaired) electrons. The number of fused-ring (bicyclic) bond motifs is 2. The predicted octanol–water partition coefficient (Wildman–Crippen LogP) is 4.84. The number of aromatic amines is 1. The first kappa shape index (κ1) is 17.8. The summed E-state index contributed by atoms with van der Waals surface area (Å²) >= 11 is 3.36. The molecule has 1 aromatic heterocycles. The maximum atomic E-state index is 4.68. The van der Waals surface area contributed by atoms with E-state index in [0.29, 0.717) is 5.41 Å². The van der Waals surface area contributed by atoms with Crippen molar-refractivity contribution in [2.75, 3.05) is 18.9 Å². The van der Waals surface area contributed by atoms with Crippen molar-refractivity contribution in [2.45, 2.75) is 44.1 Å². The molecule has 2 atom stereocenters. The van der Waals surface area contributed by atoms with Crippen LogP contribution in [0.2, 0.25) is 0 Å². The molecule has 5 rings (SSSR count). The number of hydrogen-bond acceptors (Lipinski definition) is 3. The van der Waals surface area contributed by atoms with Crippen LogP contribution in [0.1, 0.15) is 42.6 Å². The molecule has 0 bridgehead atoms. The van der Waals surface area contributed by atoms with Crippen molar-refractivity contribution in [2.24, 2.45) is 5.92 Å². The van der Waals surface area contributed by atoms with E-state index < -0.39 is 0 Å². The molecule has 0 amide bonds. The van der Waals surface area contributed by atoms with Crippen LogP contribution in [0.4, 0.5) is 5.69 Å². The van der Waals surface area contributed by atoms with Crippen LogP contribution in [0.5, 0.6) is 0 Å². The monoisotopic (exact) mass is 414 g/mol. The van der Waals surface area contributed by atoms with Gasteiger partial charge in [0.05, 0.1) is 5.69 Å². The average Bonchev–Trinajstić information content (AvgIpc) is 2.98. The Morgan fingerprint density at radius 2 is 2.35 bits per heavy atom. The fraction of sp³-hybridized carbons (Fsp3) is 0.476. The summed E-state index contributed by atoms with van der Waals surface area (Å²) < 4.78 is 1.07. The minimum Gasteiger partial charge on any atom is -0.362 e. The van der Waals surface area contributed by atoms with E-state index in [-0.39, 0.29) is 0 Å². The van der Waals surface area contributed by atoms with E-state index in [1.807, 2.05) is 24.3 Å². The van der Waals surface area contributed by atoms with Crippen LogP contribution >= 0.6 is 15.9 Å². The van der Waals surface area contributed by atoms with Crippen molar-refractivity contribution >= 4 is 21.6 Å². The second kappa shape index (κ2) is 7.20. The zero-order valence-electron chi connectivity index (χ0n) is 15.4. The number of halogens is 1. The van der Waals surface area contributed by atoms with Crippen LogP contribution in [0, 0.1) is 5.92 Å². The zero-order chi connectivity index (χ0) is 18.1. The molecule has 2 unspecified atom stereocenters. The minimum atomic E-state index is 0.516.